The maximum absolute atomic E-state index is 3.25. The smallest absolute Gasteiger partial charge is 0.161 e. The van der Waals surface area contributed by atoms with Crippen molar-refractivity contribution in [3.63, 3.8) is 0 Å². The number of hydrogen-bond donors (Lipinski definition) is 1. The number of nitrogens with one attached hydrogen (secondary N) is 1. The van der Waals surface area contributed by atoms with E-state index in [-0.39, 0.29) is 0 Å². The molecule has 14 heavy (non-hydrogen) atoms. The Morgan fingerprint density at radius 1 is 0.929 bits per heavy atom. The molecule has 0 radical (unpaired) electrons. The molecular formula is C12H13N2+. The molecular weight excluding hydrogens is 172 g/mol. The summed E-state index contributed by atoms with van der Waals surface area (Å²) in [6.45, 7) is 2.08. The van der Waals surface area contributed by atoms with E-state index in [1.54, 1.807) is 0 Å². The van der Waals surface area contributed by atoms with E-state index in [0.717, 1.165) is 5.69 Å². The molecule has 1 N–H and O–H groups in total. The predicted molar refractivity (Wildman–Crippen MR) is 56.8 cm³/mol. The summed E-state index contributed by atoms with van der Waals surface area (Å²) in [5, 5.41) is 0. The zero-order chi connectivity index (χ0) is 9.80. The van der Waals surface area contributed by atoms with Crippen molar-refractivity contribution in [2.45, 2.75) is 6.92 Å². The van der Waals surface area contributed by atoms with Crippen LogP contribution in [0.25, 0.3) is 0 Å². The van der Waals surface area contributed by atoms with Gasteiger partial charge in [-0.1, -0.05) is 28.4 Å². The van der Waals surface area contributed by atoms with Crippen LogP contribution in [-0.4, -0.2) is 0 Å². The fraction of sp³-hybridized carbons (Fsp3) is 0.0833. The highest BCUT2D eigenvalue weighted by Gasteiger charge is 1.97. The predicted octanol–water partition coefficient (Wildman–Crippen LogP) is 2.16. The second-order valence-electron chi connectivity index (χ2n) is 3.26. The summed E-state index contributed by atoms with van der Waals surface area (Å²) in [6.07, 6.45) is 3.94. The number of hydrogen-bond acceptors (Lipinski definition) is 1. The molecule has 2 nitrogen and oxygen atoms in total. The van der Waals surface area contributed by atoms with Gasteiger partial charge in [0, 0.05) is 12.1 Å². The number of rotatable bonds is 2. The molecule has 0 aliphatic heterocycles. The highest BCUT2D eigenvalue weighted by molar-refractivity contribution is 5.41. The van der Waals surface area contributed by atoms with E-state index < -0.39 is 0 Å². The van der Waals surface area contributed by atoms with Crippen LogP contribution in [0.1, 0.15) is 5.56 Å². The van der Waals surface area contributed by atoms with Crippen LogP contribution in [0.5, 0.6) is 0 Å². The van der Waals surface area contributed by atoms with Gasteiger partial charge < -0.3 is 0 Å². The SMILES string of the molecule is Cc1ccc(N[n+]2ccccc2)cc1. The first-order chi connectivity index (χ1) is 6.84. The minimum Gasteiger partial charge on any atom is -0.161 e. The summed E-state index contributed by atoms with van der Waals surface area (Å²) in [5.41, 5.74) is 5.61. The summed E-state index contributed by atoms with van der Waals surface area (Å²) in [6, 6.07) is 14.3. The first-order valence-electron chi connectivity index (χ1n) is 4.64. The number of nitrogens with zero attached hydrogens (tertiary/aromatic N) is 1. The van der Waals surface area contributed by atoms with Gasteiger partial charge in [-0.15, -0.1) is 0 Å². The molecule has 2 aromatic rings. The van der Waals surface area contributed by atoms with Crippen molar-refractivity contribution in [1.29, 1.82) is 0 Å². The molecule has 1 aromatic heterocycles. The van der Waals surface area contributed by atoms with E-state index in [4.69, 9.17) is 0 Å². The second kappa shape index (κ2) is 3.92. The van der Waals surface area contributed by atoms with Crippen molar-refractivity contribution >= 4 is 5.69 Å². The molecule has 0 unspecified atom stereocenters. The highest BCUT2D eigenvalue weighted by Crippen LogP contribution is 2.06. The van der Waals surface area contributed by atoms with Crippen LogP contribution in [0.4, 0.5) is 5.69 Å². The van der Waals surface area contributed by atoms with E-state index in [1.807, 2.05) is 35.3 Å². The Hall–Kier alpha value is -1.83. The Morgan fingerprint density at radius 2 is 1.57 bits per heavy atom. The van der Waals surface area contributed by atoms with Gasteiger partial charge in [-0.2, -0.15) is 5.43 Å². The summed E-state index contributed by atoms with van der Waals surface area (Å²) in [7, 11) is 0. The van der Waals surface area contributed by atoms with Gasteiger partial charge in [0.2, 0.25) is 0 Å². The molecule has 0 saturated heterocycles. The largest absolute Gasteiger partial charge is 0.199 e. The fourth-order valence-corrected chi connectivity index (χ4v) is 1.25. The first kappa shape index (κ1) is 8.75. The Morgan fingerprint density at radius 3 is 2.21 bits per heavy atom. The molecule has 0 atom stereocenters. The Bertz CT molecular complexity index is 392. The molecule has 0 aliphatic rings. The molecule has 0 saturated carbocycles. The fourth-order valence-electron chi connectivity index (χ4n) is 1.25. The van der Waals surface area contributed by atoms with Crippen LogP contribution in [0.2, 0.25) is 0 Å². The van der Waals surface area contributed by atoms with Gasteiger partial charge in [0.05, 0.1) is 5.69 Å². The molecule has 1 heterocycles. The van der Waals surface area contributed by atoms with E-state index in [9.17, 15) is 0 Å². The van der Waals surface area contributed by atoms with Crippen molar-refractivity contribution in [2.75, 3.05) is 5.43 Å². The van der Waals surface area contributed by atoms with E-state index in [1.165, 1.54) is 5.56 Å². The molecule has 2 rings (SSSR count). The van der Waals surface area contributed by atoms with Gasteiger partial charge in [0.15, 0.2) is 12.4 Å². The number of pyridine rings is 1. The number of anilines is 1. The van der Waals surface area contributed by atoms with Gasteiger partial charge >= 0.3 is 0 Å². The van der Waals surface area contributed by atoms with Gasteiger partial charge in [0.1, 0.15) is 0 Å². The summed E-state index contributed by atoms with van der Waals surface area (Å²) in [5.74, 6) is 0. The lowest BCUT2D eigenvalue weighted by Crippen LogP contribution is -2.41. The average molecular weight is 185 g/mol. The standard InChI is InChI=1S/C12H13N2/c1-11-5-7-12(8-6-11)13-14-9-3-2-4-10-14/h2-10,13H,1H3/q+1. The van der Waals surface area contributed by atoms with Crippen molar-refractivity contribution in [1.82, 2.24) is 0 Å². The van der Waals surface area contributed by atoms with Crippen LogP contribution >= 0.6 is 0 Å². The number of benzene rings is 1. The average Bonchev–Trinajstić information content (AvgIpc) is 2.23. The Kier molecular flexibility index (Phi) is 2.45. The van der Waals surface area contributed by atoms with Crippen LogP contribution in [0.15, 0.2) is 54.9 Å². The molecule has 1 aromatic carbocycles. The third kappa shape index (κ3) is 2.10. The van der Waals surface area contributed by atoms with Crippen LogP contribution < -0.4 is 10.1 Å². The zero-order valence-corrected chi connectivity index (χ0v) is 8.14. The van der Waals surface area contributed by atoms with Crippen molar-refractivity contribution in [2.24, 2.45) is 0 Å². The molecule has 70 valence electrons. The topological polar surface area (TPSA) is 15.9 Å². The monoisotopic (exact) mass is 185 g/mol. The van der Waals surface area contributed by atoms with Gasteiger partial charge in [0.25, 0.3) is 0 Å². The Labute approximate surface area is 83.8 Å². The van der Waals surface area contributed by atoms with Crippen LogP contribution in [-0.2, 0) is 0 Å². The van der Waals surface area contributed by atoms with Gasteiger partial charge in [-0.25, -0.2) is 0 Å². The summed E-state index contributed by atoms with van der Waals surface area (Å²) in [4.78, 5) is 0. The number of aromatic nitrogens is 1. The maximum Gasteiger partial charge on any atom is 0.199 e. The third-order valence-electron chi connectivity index (χ3n) is 2.03. The second-order valence-corrected chi connectivity index (χ2v) is 3.26. The van der Waals surface area contributed by atoms with Gasteiger partial charge in [-0.05, 0) is 19.1 Å². The van der Waals surface area contributed by atoms with Crippen LogP contribution in [0.3, 0.4) is 0 Å². The molecule has 0 bridgehead atoms. The van der Waals surface area contributed by atoms with Crippen molar-refractivity contribution in [3.05, 3.63) is 60.4 Å². The van der Waals surface area contributed by atoms with Crippen molar-refractivity contribution in [3.8, 4) is 0 Å². The number of aryl methyl sites for hydroxylation is 1. The third-order valence-corrected chi connectivity index (χ3v) is 2.03. The quantitative estimate of drug-likeness (QED) is 0.709. The van der Waals surface area contributed by atoms with Crippen molar-refractivity contribution < 1.29 is 4.68 Å². The summed E-state index contributed by atoms with van der Waals surface area (Å²) >= 11 is 0. The molecule has 0 aliphatic carbocycles. The minimum atomic E-state index is 1.09. The lowest BCUT2D eigenvalue weighted by atomic mass is 10.2. The normalized spacial score (nSPS) is 9.79. The lowest BCUT2D eigenvalue weighted by molar-refractivity contribution is -0.642. The minimum absolute atomic E-state index is 1.09. The van der Waals surface area contributed by atoms with Gasteiger partial charge in [-0.3, -0.25) is 0 Å². The Balaban J connectivity index is 2.16. The van der Waals surface area contributed by atoms with E-state index in [0.29, 0.717) is 0 Å². The highest BCUT2D eigenvalue weighted by atomic mass is 15.4. The lowest BCUT2D eigenvalue weighted by Gasteiger charge is -1.99. The first-order valence-corrected chi connectivity index (χ1v) is 4.64. The molecule has 2 heteroatoms. The zero-order valence-electron chi connectivity index (χ0n) is 8.14. The molecule has 0 fully saturated rings. The van der Waals surface area contributed by atoms with Crippen LogP contribution in [0, 0.1) is 6.92 Å². The maximum atomic E-state index is 3.25. The van der Waals surface area contributed by atoms with E-state index in [2.05, 4.69) is 36.6 Å². The summed E-state index contributed by atoms with van der Waals surface area (Å²) < 4.78 is 1.92. The molecule has 0 spiro atoms. The van der Waals surface area contributed by atoms with E-state index >= 15 is 0 Å². The molecule has 0 amide bonds.